The van der Waals surface area contributed by atoms with Gasteiger partial charge in [0, 0.05) is 17.6 Å². The largest absolute Gasteiger partial charge is 0.305 e. The van der Waals surface area contributed by atoms with Crippen molar-refractivity contribution in [2.24, 2.45) is 0 Å². The summed E-state index contributed by atoms with van der Waals surface area (Å²) in [6.07, 6.45) is 0. The van der Waals surface area contributed by atoms with E-state index in [-0.39, 0.29) is 16.0 Å². The van der Waals surface area contributed by atoms with Crippen LogP contribution in [0.3, 0.4) is 0 Å². The van der Waals surface area contributed by atoms with Crippen LogP contribution in [0.4, 0.5) is 0 Å². The van der Waals surface area contributed by atoms with E-state index in [1.165, 1.54) is 12.1 Å². The van der Waals surface area contributed by atoms with Crippen molar-refractivity contribution in [1.29, 1.82) is 0 Å². The van der Waals surface area contributed by atoms with Gasteiger partial charge in [-0.25, -0.2) is 13.1 Å². The van der Waals surface area contributed by atoms with Crippen molar-refractivity contribution < 1.29 is 8.42 Å². The number of halogens is 2. The highest BCUT2D eigenvalue weighted by molar-refractivity contribution is 7.89. The van der Waals surface area contributed by atoms with E-state index in [0.717, 1.165) is 0 Å². The van der Waals surface area contributed by atoms with Crippen molar-refractivity contribution in [2.45, 2.75) is 17.9 Å². The van der Waals surface area contributed by atoms with E-state index in [9.17, 15) is 8.42 Å². The van der Waals surface area contributed by atoms with Gasteiger partial charge in [-0.15, -0.1) is 0 Å². The molecule has 1 aromatic carbocycles. The second-order valence-corrected chi connectivity index (χ2v) is 6.82. The summed E-state index contributed by atoms with van der Waals surface area (Å²) in [6.45, 7) is 2.22. The Morgan fingerprint density at radius 2 is 1.94 bits per heavy atom. The third-order valence-corrected chi connectivity index (χ3v) is 4.77. The number of nitrogens with one attached hydrogen (secondary N) is 1. The van der Waals surface area contributed by atoms with Crippen molar-refractivity contribution in [3.05, 3.63) is 28.2 Å². The van der Waals surface area contributed by atoms with E-state index in [2.05, 4.69) is 4.72 Å². The minimum atomic E-state index is -3.64. The minimum absolute atomic E-state index is 0.00243. The Labute approximate surface area is 118 Å². The maximum Gasteiger partial charge on any atom is 0.242 e. The SMILES string of the molecule is CC(CNS(=O)(=O)c1cc(Cl)ccc1Cl)N(C)C. The third-order valence-electron chi connectivity index (χ3n) is 2.63. The van der Waals surface area contributed by atoms with Gasteiger partial charge in [0.1, 0.15) is 4.90 Å². The third kappa shape index (κ3) is 4.10. The van der Waals surface area contributed by atoms with Gasteiger partial charge in [-0.3, -0.25) is 0 Å². The molecule has 0 heterocycles. The topological polar surface area (TPSA) is 49.4 Å². The highest BCUT2D eigenvalue weighted by Gasteiger charge is 2.19. The molecular formula is C11H16Cl2N2O2S. The van der Waals surface area contributed by atoms with Gasteiger partial charge in [0.25, 0.3) is 0 Å². The van der Waals surface area contributed by atoms with Crippen LogP contribution < -0.4 is 4.72 Å². The lowest BCUT2D eigenvalue weighted by molar-refractivity contribution is 0.314. The molecule has 0 aliphatic heterocycles. The molecule has 0 saturated carbocycles. The van der Waals surface area contributed by atoms with Gasteiger partial charge in [-0.1, -0.05) is 23.2 Å². The lowest BCUT2D eigenvalue weighted by Gasteiger charge is -2.20. The average Bonchev–Trinajstić information content (AvgIpc) is 2.29. The quantitative estimate of drug-likeness (QED) is 0.907. The molecule has 1 rings (SSSR count). The van der Waals surface area contributed by atoms with Crippen molar-refractivity contribution in [2.75, 3.05) is 20.6 Å². The van der Waals surface area contributed by atoms with Crippen molar-refractivity contribution >= 4 is 33.2 Å². The zero-order valence-corrected chi connectivity index (χ0v) is 12.8. The summed E-state index contributed by atoms with van der Waals surface area (Å²) in [4.78, 5) is 1.92. The predicted molar refractivity (Wildman–Crippen MR) is 74.8 cm³/mol. The number of sulfonamides is 1. The average molecular weight is 311 g/mol. The lowest BCUT2D eigenvalue weighted by Crippen LogP contribution is -2.38. The number of benzene rings is 1. The molecule has 0 aromatic heterocycles. The number of rotatable bonds is 5. The lowest BCUT2D eigenvalue weighted by atomic mass is 10.3. The number of nitrogens with zero attached hydrogens (tertiary/aromatic N) is 1. The molecule has 0 radical (unpaired) electrons. The first-order valence-electron chi connectivity index (χ1n) is 5.35. The Balaban J connectivity index is 2.90. The Morgan fingerprint density at radius 3 is 2.50 bits per heavy atom. The van der Waals surface area contributed by atoms with Crippen LogP contribution in [0.15, 0.2) is 23.1 Å². The predicted octanol–water partition coefficient (Wildman–Crippen LogP) is 2.22. The monoisotopic (exact) mass is 310 g/mol. The fourth-order valence-corrected chi connectivity index (χ4v) is 3.06. The molecule has 18 heavy (non-hydrogen) atoms. The summed E-state index contributed by atoms with van der Waals surface area (Å²) < 4.78 is 26.6. The Hall–Kier alpha value is -0.330. The maximum atomic E-state index is 12.1. The van der Waals surface area contributed by atoms with E-state index in [1.807, 2.05) is 25.9 Å². The van der Waals surface area contributed by atoms with Gasteiger partial charge in [0.05, 0.1) is 5.02 Å². The van der Waals surface area contributed by atoms with Crippen molar-refractivity contribution in [1.82, 2.24) is 9.62 Å². The molecule has 1 N–H and O–H groups in total. The Morgan fingerprint density at radius 1 is 1.33 bits per heavy atom. The fourth-order valence-electron chi connectivity index (χ4n) is 1.17. The molecule has 0 amide bonds. The first kappa shape index (κ1) is 15.7. The molecule has 0 bridgehead atoms. The summed E-state index contributed by atoms with van der Waals surface area (Å²) in [7, 11) is 0.125. The summed E-state index contributed by atoms with van der Waals surface area (Å²) >= 11 is 11.6. The van der Waals surface area contributed by atoms with E-state index >= 15 is 0 Å². The van der Waals surface area contributed by atoms with Gasteiger partial charge in [0.15, 0.2) is 0 Å². The molecule has 0 spiro atoms. The normalized spacial score (nSPS) is 13.9. The zero-order chi connectivity index (χ0) is 13.9. The number of hydrogen-bond donors (Lipinski definition) is 1. The van der Waals surface area contributed by atoms with Crippen molar-refractivity contribution in [3.63, 3.8) is 0 Å². The first-order chi connectivity index (χ1) is 8.24. The van der Waals surface area contributed by atoms with Crippen LogP contribution in [0.2, 0.25) is 10.0 Å². The Kier molecular flexibility index (Phi) is 5.43. The molecule has 102 valence electrons. The molecule has 1 atom stereocenters. The van der Waals surface area contributed by atoms with Crippen LogP contribution in [0.25, 0.3) is 0 Å². The van der Waals surface area contributed by atoms with E-state index in [0.29, 0.717) is 11.6 Å². The molecule has 0 aliphatic carbocycles. The molecule has 0 fully saturated rings. The van der Waals surface area contributed by atoms with E-state index in [4.69, 9.17) is 23.2 Å². The minimum Gasteiger partial charge on any atom is -0.305 e. The van der Waals surface area contributed by atoms with Crippen molar-refractivity contribution in [3.8, 4) is 0 Å². The summed E-state index contributed by atoms with van der Waals surface area (Å²) in [5, 5.41) is 0.491. The van der Waals surface area contributed by atoms with Crippen LogP contribution in [0, 0.1) is 0 Å². The van der Waals surface area contributed by atoms with Gasteiger partial charge in [0.2, 0.25) is 10.0 Å². The van der Waals surface area contributed by atoms with Gasteiger partial charge < -0.3 is 4.90 Å². The summed E-state index contributed by atoms with van der Waals surface area (Å²) in [6, 6.07) is 4.43. The molecule has 0 aliphatic rings. The van der Waals surface area contributed by atoms with Crippen LogP contribution in [0.5, 0.6) is 0 Å². The highest BCUT2D eigenvalue weighted by Crippen LogP contribution is 2.24. The smallest absolute Gasteiger partial charge is 0.242 e. The molecule has 4 nitrogen and oxygen atoms in total. The standard InChI is InChI=1S/C11H16Cl2N2O2S/c1-8(15(2)3)7-14-18(16,17)11-6-9(12)4-5-10(11)13/h4-6,8,14H,7H2,1-3H3. The van der Waals surface area contributed by atoms with E-state index in [1.54, 1.807) is 6.07 Å². The second-order valence-electron chi connectivity index (χ2n) is 4.24. The molecule has 7 heteroatoms. The molecular weight excluding hydrogens is 295 g/mol. The van der Waals surface area contributed by atoms with Crippen LogP contribution in [0.1, 0.15) is 6.92 Å². The summed E-state index contributed by atoms with van der Waals surface area (Å²) in [5.41, 5.74) is 0. The van der Waals surface area contributed by atoms with Gasteiger partial charge >= 0.3 is 0 Å². The first-order valence-corrected chi connectivity index (χ1v) is 7.59. The van der Waals surface area contributed by atoms with E-state index < -0.39 is 10.0 Å². The number of hydrogen-bond acceptors (Lipinski definition) is 3. The van der Waals surface area contributed by atoms with Gasteiger partial charge in [-0.05, 0) is 39.2 Å². The Bertz CT molecular complexity index is 518. The zero-order valence-electron chi connectivity index (χ0n) is 10.4. The molecule has 1 unspecified atom stereocenters. The van der Waals surface area contributed by atoms with Crippen LogP contribution in [-0.4, -0.2) is 40.0 Å². The van der Waals surface area contributed by atoms with Gasteiger partial charge in [-0.2, -0.15) is 0 Å². The molecule has 1 aromatic rings. The fraction of sp³-hybridized carbons (Fsp3) is 0.455. The van der Waals surface area contributed by atoms with Crippen LogP contribution in [-0.2, 0) is 10.0 Å². The van der Waals surface area contributed by atoms with Crippen LogP contribution >= 0.6 is 23.2 Å². The summed E-state index contributed by atoms with van der Waals surface area (Å²) in [5.74, 6) is 0. The highest BCUT2D eigenvalue weighted by atomic mass is 35.5. The second kappa shape index (κ2) is 6.21. The maximum absolute atomic E-state index is 12.1. The number of likely N-dealkylation sites (N-methyl/N-ethyl adjacent to an activating group) is 1. The molecule has 0 saturated heterocycles.